The van der Waals surface area contributed by atoms with Crippen LogP contribution in [0.2, 0.25) is 0 Å². The minimum Gasteiger partial charge on any atom is -0.447 e. The highest BCUT2D eigenvalue weighted by molar-refractivity contribution is 7.18. The van der Waals surface area contributed by atoms with Gasteiger partial charge in [-0.3, -0.25) is 9.69 Å². The van der Waals surface area contributed by atoms with E-state index in [2.05, 4.69) is 11.0 Å². The van der Waals surface area contributed by atoms with E-state index < -0.39 is 6.09 Å². The highest BCUT2D eigenvalue weighted by Crippen LogP contribution is 2.35. The fraction of sp³-hybridized carbons (Fsp3) is 0.471. The number of amides is 2. The lowest BCUT2D eigenvalue weighted by molar-refractivity contribution is -0.129. The average Bonchev–Trinajstić information content (AvgIpc) is 3.21. The first-order valence-electron chi connectivity index (χ1n) is 8.29. The number of piperidine rings is 1. The Bertz CT molecular complexity index is 742. The highest BCUT2D eigenvalue weighted by Gasteiger charge is 2.33. The molecule has 3 heterocycles. The van der Waals surface area contributed by atoms with E-state index in [1.807, 2.05) is 18.2 Å². The summed E-state index contributed by atoms with van der Waals surface area (Å²) in [5.41, 5.74) is 1.01. The van der Waals surface area contributed by atoms with E-state index in [9.17, 15) is 9.59 Å². The molecule has 0 aliphatic carbocycles. The number of aromatic nitrogens is 1. The number of para-hydroxylation sites is 1. The predicted octanol–water partition coefficient (Wildman–Crippen LogP) is 2.80. The molecule has 2 saturated heterocycles. The minimum atomic E-state index is -0.520. The van der Waals surface area contributed by atoms with Gasteiger partial charge in [0.05, 0.1) is 29.3 Å². The third-order valence-electron chi connectivity index (χ3n) is 4.61. The Hall–Kier alpha value is -1.99. The van der Waals surface area contributed by atoms with E-state index in [0.29, 0.717) is 13.2 Å². The van der Waals surface area contributed by atoms with Gasteiger partial charge in [-0.2, -0.15) is 0 Å². The number of hydrogen-bond acceptors (Lipinski definition) is 6. The van der Waals surface area contributed by atoms with Crippen molar-refractivity contribution in [3.05, 3.63) is 29.3 Å². The first kappa shape index (κ1) is 15.5. The molecule has 0 spiro atoms. The molecular formula is C17H19N3O3S. The van der Waals surface area contributed by atoms with Crippen LogP contribution in [-0.4, -0.2) is 53.0 Å². The highest BCUT2D eigenvalue weighted by atomic mass is 32.1. The molecule has 126 valence electrons. The predicted molar refractivity (Wildman–Crippen MR) is 90.8 cm³/mol. The smallest absolute Gasteiger partial charge is 0.416 e. The van der Waals surface area contributed by atoms with Crippen molar-refractivity contribution in [2.45, 2.75) is 25.3 Å². The zero-order valence-electron chi connectivity index (χ0n) is 13.3. The standard InChI is InChI=1S/C17H19N3O3S/c21-15(20-9-10-23-17(20)22)11-19-8-4-3-6-13(19)16-18-12-5-1-2-7-14(12)24-16/h1-2,5,7,13H,3-4,6,8-11H2/t13-/m0/s1. The number of benzene rings is 1. The summed E-state index contributed by atoms with van der Waals surface area (Å²) in [6.07, 6.45) is 2.68. The van der Waals surface area contributed by atoms with Gasteiger partial charge in [-0.1, -0.05) is 18.6 Å². The molecule has 6 nitrogen and oxygen atoms in total. The number of hydrogen-bond donors (Lipinski definition) is 0. The molecule has 0 bridgehead atoms. The number of cyclic esters (lactones) is 1. The molecule has 24 heavy (non-hydrogen) atoms. The second-order valence-electron chi connectivity index (χ2n) is 6.16. The van der Waals surface area contributed by atoms with E-state index in [4.69, 9.17) is 9.72 Å². The van der Waals surface area contributed by atoms with Gasteiger partial charge in [-0.15, -0.1) is 11.3 Å². The molecule has 2 aliphatic rings. The van der Waals surface area contributed by atoms with Crippen molar-refractivity contribution in [1.82, 2.24) is 14.8 Å². The average molecular weight is 345 g/mol. The number of carbonyl (C=O) groups is 2. The van der Waals surface area contributed by atoms with Gasteiger partial charge in [-0.05, 0) is 31.5 Å². The van der Waals surface area contributed by atoms with Crippen LogP contribution in [-0.2, 0) is 9.53 Å². The molecule has 0 saturated carbocycles. The van der Waals surface area contributed by atoms with Crippen molar-refractivity contribution < 1.29 is 14.3 Å². The summed E-state index contributed by atoms with van der Waals surface area (Å²) < 4.78 is 6.04. The van der Waals surface area contributed by atoms with Crippen LogP contribution in [0, 0.1) is 0 Å². The van der Waals surface area contributed by atoms with Crippen LogP contribution in [0.15, 0.2) is 24.3 Å². The van der Waals surface area contributed by atoms with E-state index in [0.717, 1.165) is 36.3 Å². The maximum Gasteiger partial charge on any atom is 0.416 e. The van der Waals surface area contributed by atoms with Crippen molar-refractivity contribution in [3.63, 3.8) is 0 Å². The molecule has 0 N–H and O–H groups in total. The number of rotatable bonds is 3. The summed E-state index contributed by atoms with van der Waals surface area (Å²) in [6, 6.07) is 8.26. The van der Waals surface area contributed by atoms with Crippen molar-refractivity contribution in [2.24, 2.45) is 0 Å². The fourth-order valence-corrected chi connectivity index (χ4v) is 4.51. The van der Waals surface area contributed by atoms with Crippen molar-refractivity contribution >= 4 is 33.6 Å². The third kappa shape index (κ3) is 2.89. The van der Waals surface area contributed by atoms with Gasteiger partial charge in [0.2, 0.25) is 5.91 Å². The van der Waals surface area contributed by atoms with Crippen LogP contribution < -0.4 is 0 Å². The Morgan fingerprint density at radius 3 is 2.96 bits per heavy atom. The molecule has 1 aromatic heterocycles. The Morgan fingerprint density at radius 1 is 1.29 bits per heavy atom. The number of likely N-dealkylation sites (tertiary alicyclic amines) is 1. The summed E-state index contributed by atoms with van der Waals surface area (Å²) in [5, 5.41) is 1.06. The molecule has 2 aliphatic heterocycles. The summed E-state index contributed by atoms with van der Waals surface area (Å²) in [5.74, 6) is -0.175. The molecule has 2 aromatic rings. The quantitative estimate of drug-likeness (QED) is 0.856. The number of ether oxygens (including phenoxy) is 1. The lowest BCUT2D eigenvalue weighted by Gasteiger charge is -2.34. The van der Waals surface area contributed by atoms with Crippen LogP contribution in [0.1, 0.15) is 30.3 Å². The lowest BCUT2D eigenvalue weighted by atomic mass is 10.0. The molecule has 4 rings (SSSR count). The summed E-state index contributed by atoms with van der Waals surface area (Å²) >= 11 is 1.70. The monoisotopic (exact) mass is 345 g/mol. The number of nitrogens with zero attached hydrogens (tertiary/aromatic N) is 3. The molecule has 2 amide bonds. The summed E-state index contributed by atoms with van der Waals surface area (Å²) in [7, 11) is 0. The van der Waals surface area contributed by atoms with Crippen LogP contribution in [0.3, 0.4) is 0 Å². The first-order valence-corrected chi connectivity index (χ1v) is 9.10. The van der Waals surface area contributed by atoms with Crippen molar-refractivity contribution in [3.8, 4) is 0 Å². The van der Waals surface area contributed by atoms with E-state index >= 15 is 0 Å². The summed E-state index contributed by atoms with van der Waals surface area (Å²) in [4.78, 5) is 32.2. The fourth-order valence-electron chi connectivity index (χ4n) is 3.37. The maximum atomic E-state index is 12.4. The second kappa shape index (κ2) is 6.49. The first-order chi connectivity index (χ1) is 11.7. The number of carbonyl (C=O) groups excluding carboxylic acids is 2. The van der Waals surface area contributed by atoms with Gasteiger partial charge in [0.25, 0.3) is 0 Å². The van der Waals surface area contributed by atoms with Gasteiger partial charge in [-0.25, -0.2) is 14.7 Å². The Labute approximate surface area is 144 Å². The van der Waals surface area contributed by atoms with E-state index in [-0.39, 0.29) is 18.5 Å². The van der Waals surface area contributed by atoms with E-state index in [1.54, 1.807) is 11.3 Å². The molecule has 1 atom stereocenters. The second-order valence-corrected chi connectivity index (χ2v) is 7.22. The van der Waals surface area contributed by atoms with Gasteiger partial charge in [0.1, 0.15) is 11.6 Å². The Morgan fingerprint density at radius 2 is 2.17 bits per heavy atom. The number of thiazole rings is 1. The Kier molecular flexibility index (Phi) is 4.20. The minimum absolute atomic E-state index is 0.152. The third-order valence-corrected chi connectivity index (χ3v) is 5.75. The normalized spacial score (nSPS) is 22.1. The topological polar surface area (TPSA) is 62.7 Å². The molecular weight excluding hydrogens is 326 g/mol. The van der Waals surface area contributed by atoms with Gasteiger partial charge >= 0.3 is 6.09 Å². The van der Waals surface area contributed by atoms with Crippen LogP contribution >= 0.6 is 11.3 Å². The van der Waals surface area contributed by atoms with Gasteiger partial charge in [0, 0.05) is 0 Å². The lowest BCUT2D eigenvalue weighted by Crippen LogP contribution is -2.43. The van der Waals surface area contributed by atoms with Crippen molar-refractivity contribution in [2.75, 3.05) is 26.2 Å². The van der Waals surface area contributed by atoms with Crippen LogP contribution in [0.5, 0.6) is 0 Å². The zero-order chi connectivity index (χ0) is 16.5. The largest absolute Gasteiger partial charge is 0.447 e. The number of imide groups is 1. The molecule has 0 unspecified atom stereocenters. The number of fused-ring (bicyclic) bond motifs is 1. The zero-order valence-corrected chi connectivity index (χ0v) is 14.1. The maximum absolute atomic E-state index is 12.4. The van der Waals surface area contributed by atoms with Crippen LogP contribution in [0.25, 0.3) is 10.2 Å². The SMILES string of the molecule is O=C(CN1CCCC[C@H]1c1nc2ccccc2s1)N1CCOC1=O. The Balaban J connectivity index is 1.54. The molecule has 7 heteroatoms. The molecule has 2 fully saturated rings. The summed E-state index contributed by atoms with van der Waals surface area (Å²) in [6.45, 7) is 1.76. The van der Waals surface area contributed by atoms with E-state index in [1.165, 1.54) is 9.60 Å². The molecule has 0 radical (unpaired) electrons. The van der Waals surface area contributed by atoms with Gasteiger partial charge in [0.15, 0.2) is 0 Å². The van der Waals surface area contributed by atoms with Crippen molar-refractivity contribution in [1.29, 1.82) is 0 Å². The molecule has 1 aromatic carbocycles. The van der Waals surface area contributed by atoms with Gasteiger partial charge < -0.3 is 4.74 Å². The van der Waals surface area contributed by atoms with Crippen LogP contribution in [0.4, 0.5) is 4.79 Å².